The number of carbonyl (C=O) groups is 2. The molecule has 0 bridgehead atoms. The fourth-order valence-corrected chi connectivity index (χ4v) is 3.57. The minimum atomic E-state index is -0.483. The predicted octanol–water partition coefficient (Wildman–Crippen LogP) is 1.88. The van der Waals surface area contributed by atoms with E-state index >= 15 is 0 Å². The quantitative estimate of drug-likeness (QED) is 0.725. The summed E-state index contributed by atoms with van der Waals surface area (Å²) in [5.74, 6) is 0.371. The average Bonchev–Trinajstić information content (AvgIpc) is 2.50. The van der Waals surface area contributed by atoms with Gasteiger partial charge in [0.05, 0.1) is 6.10 Å². The second-order valence-electron chi connectivity index (χ2n) is 7.01. The molecule has 3 N–H and O–H groups in total. The smallest absolute Gasteiger partial charge is 0.242 e. The SMILES string of the molecule is CC(NC(=O)CC1CCCCC1)C(=O)NC1CCC(O)CC1. The first-order valence-corrected chi connectivity index (χ1v) is 8.82. The molecule has 126 valence electrons. The lowest BCUT2D eigenvalue weighted by Crippen LogP contribution is -2.49. The van der Waals surface area contributed by atoms with E-state index in [2.05, 4.69) is 10.6 Å². The summed E-state index contributed by atoms with van der Waals surface area (Å²) in [6, 6.07) is -0.350. The standard InChI is InChI=1S/C17H30N2O3/c1-12(17(22)19-14-7-9-15(20)10-8-14)18-16(21)11-13-5-3-2-4-6-13/h12-15,20H,2-11H2,1H3,(H,18,21)(H,19,22). The van der Waals surface area contributed by atoms with Crippen LogP contribution in [0.25, 0.3) is 0 Å². The van der Waals surface area contributed by atoms with Gasteiger partial charge in [-0.25, -0.2) is 0 Å². The molecule has 22 heavy (non-hydrogen) atoms. The molecule has 2 fully saturated rings. The minimum Gasteiger partial charge on any atom is -0.393 e. The Labute approximate surface area is 133 Å². The van der Waals surface area contributed by atoms with Gasteiger partial charge < -0.3 is 15.7 Å². The van der Waals surface area contributed by atoms with Crippen molar-refractivity contribution >= 4 is 11.8 Å². The van der Waals surface area contributed by atoms with Gasteiger partial charge in [-0.1, -0.05) is 19.3 Å². The van der Waals surface area contributed by atoms with Gasteiger partial charge in [0.2, 0.25) is 11.8 Å². The van der Waals surface area contributed by atoms with E-state index in [1.807, 2.05) is 0 Å². The van der Waals surface area contributed by atoms with Crippen LogP contribution in [0.3, 0.4) is 0 Å². The maximum absolute atomic E-state index is 12.1. The molecule has 5 nitrogen and oxygen atoms in total. The lowest BCUT2D eigenvalue weighted by Gasteiger charge is -2.27. The first kappa shape index (κ1) is 17.3. The van der Waals surface area contributed by atoms with E-state index in [0.29, 0.717) is 12.3 Å². The van der Waals surface area contributed by atoms with Gasteiger partial charge in [0, 0.05) is 12.5 Å². The van der Waals surface area contributed by atoms with Crippen molar-refractivity contribution in [1.82, 2.24) is 10.6 Å². The normalized spacial score (nSPS) is 27.9. The summed E-state index contributed by atoms with van der Waals surface area (Å²) in [5, 5.41) is 15.3. The highest BCUT2D eigenvalue weighted by Crippen LogP contribution is 2.26. The van der Waals surface area contributed by atoms with Gasteiger partial charge in [0.15, 0.2) is 0 Å². The number of nitrogens with one attached hydrogen (secondary N) is 2. The molecular weight excluding hydrogens is 280 g/mol. The lowest BCUT2D eigenvalue weighted by atomic mass is 9.87. The Morgan fingerprint density at radius 2 is 1.68 bits per heavy atom. The van der Waals surface area contributed by atoms with Gasteiger partial charge in [0.25, 0.3) is 0 Å². The summed E-state index contributed by atoms with van der Waals surface area (Å²) < 4.78 is 0. The van der Waals surface area contributed by atoms with Gasteiger partial charge in [-0.15, -0.1) is 0 Å². The number of aliphatic hydroxyl groups is 1. The largest absolute Gasteiger partial charge is 0.393 e. The van der Waals surface area contributed by atoms with E-state index in [9.17, 15) is 14.7 Å². The molecule has 2 aliphatic carbocycles. The number of amides is 2. The van der Waals surface area contributed by atoms with Gasteiger partial charge >= 0.3 is 0 Å². The van der Waals surface area contributed by atoms with Crippen molar-refractivity contribution in [3.8, 4) is 0 Å². The maximum atomic E-state index is 12.1. The highest BCUT2D eigenvalue weighted by Gasteiger charge is 2.24. The van der Waals surface area contributed by atoms with Crippen molar-refractivity contribution in [2.24, 2.45) is 5.92 Å². The maximum Gasteiger partial charge on any atom is 0.242 e. The zero-order valence-corrected chi connectivity index (χ0v) is 13.6. The van der Waals surface area contributed by atoms with Crippen LogP contribution in [0.15, 0.2) is 0 Å². The Hall–Kier alpha value is -1.10. The van der Waals surface area contributed by atoms with Crippen LogP contribution >= 0.6 is 0 Å². The van der Waals surface area contributed by atoms with Crippen molar-refractivity contribution in [2.45, 2.75) is 89.3 Å². The van der Waals surface area contributed by atoms with Crippen molar-refractivity contribution in [1.29, 1.82) is 0 Å². The van der Waals surface area contributed by atoms with Gasteiger partial charge in [0.1, 0.15) is 6.04 Å². The molecule has 1 unspecified atom stereocenters. The van der Waals surface area contributed by atoms with E-state index in [0.717, 1.165) is 38.5 Å². The predicted molar refractivity (Wildman–Crippen MR) is 85.2 cm³/mol. The van der Waals surface area contributed by atoms with Crippen LogP contribution in [0.5, 0.6) is 0 Å². The third-order valence-electron chi connectivity index (χ3n) is 5.01. The first-order chi connectivity index (χ1) is 10.5. The van der Waals surface area contributed by atoms with Crippen LogP contribution in [0.2, 0.25) is 0 Å². The molecule has 0 heterocycles. The van der Waals surface area contributed by atoms with Crippen molar-refractivity contribution in [3.05, 3.63) is 0 Å². The zero-order valence-electron chi connectivity index (χ0n) is 13.6. The molecule has 2 rings (SSSR count). The monoisotopic (exact) mass is 310 g/mol. The van der Waals surface area contributed by atoms with E-state index in [1.54, 1.807) is 6.92 Å². The van der Waals surface area contributed by atoms with Gasteiger partial charge in [-0.05, 0) is 51.4 Å². The molecule has 0 aromatic carbocycles. The Morgan fingerprint density at radius 1 is 1.05 bits per heavy atom. The summed E-state index contributed by atoms with van der Waals surface area (Å²) in [7, 11) is 0. The number of hydrogen-bond acceptors (Lipinski definition) is 3. The second-order valence-corrected chi connectivity index (χ2v) is 7.01. The van der Waals surface area contributed by atoms with Crippen LogP contribution in [-0.4, -0.2) is 35.1 Å². The molecule has 0 aromatic heterocycles. The van der Waals surface area contributed by atoms with Crippen molar-refractivity contribution in [3.63, 3.8) is 0 Å². The Bertz CT molecular complexity index is 372. The highest BCUT2D eigenvalue weighted by molar-refractivity contribution is 5.87. The van der Waals surface area contributed by atoms with Crippen LogP contribution < -0.4 is 10.6 Å². The Balaban J connectivity index is 1.67. The molecule has 1 atom stereocenters. The summed E-state index contributed by atoms with van der Waals surface area (Å²) in [5.41, 5.74) is 0. The van der Waals surface area contributed by atoms with Gasteiger partial charge in [-0.3, -0.25) is 9.59 Å². The third kappa shape index (κ3) is 5.59. The van der Waals surface area contributed by atoms with Crippen LogP contribution in [0.4, 0.5) is 0 Å². The van der Waals surface area contributed by atoms with Gasteiger partial charge in [-0.2, -0.15) is 0 Å². The molecule has 2 saturated carbocycles. The van der Waals surface area contributed by atoms with Crippen molar-refractivity contribution < 1.29 is 14.7 Å². The summed E-state index contributed by atoms with van der Waals surface area (Å²) in [4.78, 5) is 24.2. The molecular formula is C17H30N2O3. The molecule has 0 aliphatic heterocycles. The lowest BCUT2D eigenvalue weighted by molar-refractivity contribution is -0.129. The molecule has 0 radical (unpaired) electrons. The fraction of sp³-hybridized carbons (Fsp3) is 0.882. The highest BCUT2D eigenvalue weighted by atomic mass is 16.3. The summed E-state index contributed by atoms with van der Waals surface area (Å²) in [6.07, 6.45) is 9.45. The van der Waals surface area contributed by atoms with Crippen molar-refractivity contribution in [2.75, 3.05) is 0 Å². The molecule has 2 aliphatic rings. The number of hydrogen-bond donors (Lipinski definition) is 3. The molecule has 0 spiro atoms. The third-order valence-corrected chi connectivity index (χ3v) is 5.01. The van der Waals surface area contributed by atoms with E-state index in [1.165, 1.54) is 19.3 Å². The molecule has 0 aromatic rings. The number of rotatable bonds is 5. The summed E-state index contributed by atoms with van der Waals surface area (Å²) in [6.45, 7) is 1.74. The zero-order chi connectivity index (χ0) is 15.9. The number of aliphatic hydroxyl groups excluding tert-OH is 1. The van der Waals surface area contributed by atoms with Crippen LogP contribution in [0.1, 0.15) is 71.1 Å². The summed E-state index contributed by atoms with van der Waals surface area (Å²) >= 11 is 0. The van der Waals surface area contributed by atoms with E-state index in [-0.39, 0.29) is 24.0 Å². The van der Waals surface area contributed by atoms with E-state index in [4.69, 9.17) is 0 Å². The van der Waals surface area contributed by atoms with Crippen LogP contribution in [0, 0.1) is 5.92 Å². The Morgan fingerprint density at radius 3 is 2.32 bits per heavy atom. The number of carbonyl (C=O) groups excluding carboxylic acids is 2. The first-order valence-electron chi connectivity index (χ1n) is 8.82. The topological polar surface area (TPSA) is 78.4 Å². The Kier molecular flexibility index (Phi) is 6.68. The molecule has 5 heteroatoms. The molecule has 2 amide bonds. The minimum absolute atomic E-state index is 0.00591. The van der Waals surface area contributed by atoms with Crippen LogP contribution in [-0.2, 0) is 9.59 Å². The van der Waals surface area contributed by atoms with E-state index < -0.39 is 6.04 Å². The fourth-order valence-electron chi connectivity index (χ4n) is 3.57. The molecule has 0 saturated heterocycles. The average molecular weight is 310 g/mol. The second kappa shape index (κ2) is 8.51.